The molecule has 7 heteroatoms. The number of nitrogens with one attached hydrogen (secondary N) is 3. The number of sulfonamides is 1. The van der Waals surface area contributed by atoms with Crippen molar-refractivity contribution in [2.45, 2.75) is 51.2 Å². The molecule has 0 spiro atoms. The van der Waals surface area contributed by atoms with Crippen LogP contribution in [0.2, 0.25) is 0 Å². The normalized spacial score (nSPS) is 13.7. The fourth-order valence-electron chi connectivity index (χ4n) is 1.73. The van der Waals surface area contributed by atoms with Gasteiger partial charge < -0.3 is 5.32 Å². The largest absolute Gasteiger partial charge is 0.313 e. The molecular formula is C11H22N4O2S. The highest BCUT2D eigenvalue weighted by molar-refractivity contribution is 7.89. The van der Waals surface area contributed by atoms with E-state index in [4.69, 9.17) is 0 Å². The van der Waals surface area contributed by atoms with Gasteiger partial charge in [-0.05, 0) is 19.9 Å². The van der Waals surface area contributed by atoms with Gasteiger partial charge in [0.15, 0.2) is 5.03 Å². The molecule has 1 heterocycles. The molecule has 0 saturated carbocycles. The summed E-state index contributed by atoms with van der Waals surface area (Å²) in [6, 6.07) is -0.0738. The third kappa shape index (κ3) is 4.08. The summed E-state index contributed by atoms with van der Waals surface area (Å²) in [5.41, 5.74) is 0.660. The molecule has 18 heavy (non-hydrogen) atoms. The first kappa shape index (κ1) is 15.1. The van der Waals surface area contributed by atoms with Crippen LogP contribution in [-0.2, 0) is 16.6 Å². The second kappa shape index (κ2) is 6.86. The van der Waals surface area contributed by atoms with Crippen molar-refractivity contribution in [3.63, 3.8) is 0 Å². The third-order valence-electron chi connectivity index (χ3n) is 2.59. The maximum atomic E-state index is 12.2. The van der Waals surface area contributed by atoms with Crippen LogP contribution in [0.5, 0.6) is 0 Å². The maximum absolute atomic E-state index is 12.2. The fraction of sp³-hybridized carbons (Fsp3) is 0.727. The predicted molar refractivity (Wildman–Crippen MR) is 70.7 cm³/mol. The average Bonchev–Trinajstić information content (AvgIpc) is 2.74. The molecule has 1 unspecified atom stereocenters. The zero-order chi connectivity index (χ0) is 13.6. The Morgan fingerprint density at radius 1 is 1.44 bits per heavy atom. The zero-order valence-electron chi connectivity index (χ0n) is 11.2. The van der Waals surface area contributed by atoms with E-state index in [1.165, 1.54) is 0 Å². The minimum Gasteiger partial charge on any atom is -0.313 e. The molecule has 0 bridgehead atoms. The number of nitrogens with zero attached hydrogens (tertiary/aromatic N) is 1. The Bertz CT molecular complexity index is 455. The Hall–Kier alpha value is -0.920. The molecule has 0 aliphatic heterocycles. The average molecular weight is 274 g/mol. The van der Waals surface area contributed by atoms with Crippen molar-refractivity contribution >= 4 is 10.0 Å². The van der Waals surface area contributed by atoms with Crippen molar-refractivity contribution < 1.29 is 8.42 Å². The Balaban J connectivity index is 2.81. The lowest BCUT2D eigenvalue weighted by Crippen LogP contribution is -2.33. The van der Waals surface area contributed by atoms with Gasteiger partial charge in [0.05, 0.1) is 6.20 Å². The van der Waals surface area contributed by atoms with Gasteiger partial charge in [-0.3, -0.25) is 5.10 Å². The lowest BCUT2D eigenvalue weighted by Gasteiger charge is -2.13. The van der Waals surface area contributed by atoms with E-state index in [2.05, 4.69) is 20.2 Å². The van der Waals surface area contributed by atoms with E-state index in [1.54, 1.807) is 6.20 Å². The van der Waals surface area contributed by atoms with Crippen LogP contribution in [0.15, 0.2) is 11.2 Å². The molecule has 0 saturated heterocycles. The highest BCUT2D eigenvalue weighted by Gasteiger charge is 2.22. The van der Waals surface area contributed by atoms with Crippen molar-refractivity contribution in [1.82, 2.24) is 20.2 Å². The predicted octanol–water partition coefficient (Wildman–Crippen LogP) is 0.986. The van der Waals surface area contributed by atoms with Gasteiger partial charge in [0.25, 0.3) is 10.0 Å². The van der Waals surface area contributed by atoms with Crippen molar-refractivity contribution in [1.29, 1.82) is 0 Å². The monoisotopic (exact) mass is 274 g/mol. The topological polar surface area (TPSA) is 86.9 Å². The molecule has 6 nitrogen and oxygen atoms in total. The van der Waals surface area contributed by atoms with Gasteiger partial charge >= 0.3 is 0 Å². The third-order valence-corrected chi connectivity index (χ3v) is 4.19. The van der Waals surface area contributed by atoms with Gasteiger partial charge in [-0.2, -0.15) is 5.10 Å². The SMILES string of the molecule is CCCC(C)NS(=O)(=O)c1[nH]ncc1CNCC. The van der Waals surface area contributed by atoms with Crippen molar-refractivity contribution in [3.05, 3.63) is 11.8 Å². The molecule has 104 valence electrons. The van der Waals surface area contributed by atoms with Crippen molar-refractivity contribution in [2.24, 2.45) is 0 Å². The zero-order valence-corrected chi connectivity index (χ0v) is 12.0. The first-order chi connectivity index (χ1) is 8.51. The highest BCUT2D eigenvalue weighted by atomic mass is 32.2. The summed E-state index contributed by atoms with van der Waals surface area (Å²) >= 11 is 0. The van der Waals surface area contributed by atoms with Gasteiger partial charge in [-0.15, -0.1) is 0 Å². The molecule has 0 fully saturated rings. The molecule has 0 amide bonds. The molecule has 3 N–H and O–H groups in total. The van der Waals surface area contributed by atoms with Crippen LogP contribution in [0, 0.1) is 0 Å². The van der Waals surface area contributed by atoms with Crippen LogP contribution in [-0.4, -0.2) is 31.2 Å². The molecule has 0 aliphatic carbocycles. The molecule has 0 aliphatic rings. The Kier molecular flexibility index (Phi) is 5.77. The summed E-state index contributed by atoms with van der Waals surface area (Å²) < 4.78 is 27.0. The van der Waals surface area contributed by atoms with Gasteiger partial charge in [-0.1, -0.05) is 20.3 Å². The maximum Gasteiger partial charge on any atom is 0.258 e. The lowest BCUT2D eigenvalue weighted by atomic mass is 10.2. The minimum atomic E-state index is -3.51. The summed E-state index contributed by atoms with van der Waals surface area (Å²) in [6.07, 6.45) is 3.30. The second-order valence-electron chi connectivity index (χ2n) is 4.32. The van der Waals surface area contributed by atoms with E-state index >= 15 is 0 Å². The van der Waals surface area contributed by atoms with Crippen molar-refractivity contribution in [2.75, 3.05) is 6.54 Å². The van der Waals surface area contributed by atoms with E-state index < -0.39 is 10.0 Å². The van der Waals surface area contributed by atoms with E-state index in [0.717, 1.165) is 19.4 Å². The van der Waals surface area contributed by atoms with Gasteiger partial charge in [0, 0.05) is 18.2 Å². The smallest absolute Gasteiger partial charge is 0.258 e. The number of hydrogen-bond donors (Lipinski definition) is 3. The van der Waals surface area contributed by atoms with Crippen LogP contribution < -0.4 is 10.0 Å². The lowest BCUT2D eigenvalue weighted by molar-refractivity contribution is 0.539. The number of hydrogen-bond acceptors (Lipinski definition) is 4. The molecule has 0 radical (unpaired) electrons. The fourth-order valence-corrected chi connectivity index (χ4v) is 3.14. The van der Waals surface area contributed by atoms with Crippen LogP contribution in [0.3, 0.4) is 0 Å². The van der Waals surface area contributed by atoms with Crippen LogP contribution in [0.25, 0.3) is 0 Å². The quantitative estimate of drug-likeness (QED) is 0.659. The molecule has 0 aromatic carbocycles. The Morgan fingerprint density at radius 3 is 2.78 bits per heavy atom. The molecule has 1 aromatic heterocycles. The first-order valence-electron chi connectivity index (χ1n) is 6.26. The minimum absolute atomic E-state index is 0.0738. The van der Waals surface area contributed by atoms with Gasteiger partial charge in [0.2, 0.25) is 0 Å². The molecule has 1 rings (SSSR count). The van der Waals surface area contributed by atoms with Crippen LogP contribution in [0.4, 0.5) is 0 Å². The molecular weight excluding hydrogens is 252 g/mol. The highest BCUT2D eigenvalue weighted by Crippen LogP contribution is 2.12. The van der Waals surface area contributed by atoms with Crippen LogP contribution in [0.1, 0.15) is 39.2 Å². The summed E-state index contributed by atoms with van der Waals surface area (Å²) in [4.78, 5) is 0. The number of aromatic nitrogens is 2. The van der Waals surface area contributed by atoms with E-state index in [0.29, 0.717) is 12.1 Å². The number of H-pyrrole nitrogens is 1. The standard InChI is InChI=1S/C11H22N4O2S/c1-4-6-9(3)15-18(16,17)11-10(7-12-5-2)8-13-14-11/h8-9,12,15H,4-7H2,1-3H3,(H,13,14). The number of aromatic amines is 1. The first-order valence-corrected chi connectivity index (χ1v) is 7.74. The Morgan fingerprint density at radius 2 is 2.17 bits per heavy atom. The Labute approximate surface area is 109 Å². The molecule has 1 atom stereocenters. The summed E-state index contributed by atoms with van der Waals surface area (Å²) in [5, 5.41) is 9.62. The summed E-state index contributed by atoms with van der Waals surface area (Å²) in [5.74, 6) is 0. The second-order valence-corrected chi connectivity index (χ2v) is 5.97. The van der Waals surface area contributed by atoms with Crippen LogP contribution >= 0.6 is 0 Å². The van der Waals surface area contributed by atoms with E-state index in [9.17, 15) is 8.42 Å². The van der Waals surface area contributed by atoms with Gasteiger partial charge in [0.1, 0.15) is 0 Å². The molecule has 1 aromatic rings. The summed E-state index contributed by atoms with van der Waals surface area (Å²) in [7, 11) is -3.51. The summed E-state index contributed by atoms with van der Waals surface area (Å²) in [6.45, 7) is 7.13. The van der Waals surface area contributed by atoms with E-state index in [1.807, 2.05) is 20.8 Å². The van der Waals surface area contributed by atoms with Crippen molar-refractivity contribution in [3.8, 4) is 0 Å². The van der Waals surface area contributed by atoms with Gasteiger partial charge in [-0.25, -0.2) is 13.1 Å². The van der Waals surface area contributed by atoms with E-state index in [-0.39, 0.29) is 11.1 Å². The number of rotatable bonds is 8.